The van der Waals surface area contributed by atoms with Crippen LogP contribution in [0.2, 0.25) is 5.02 Å². The van der Waals surface area contributed by atoms with Crippen LogP contribution in [0.5, 0.6) is 0 Å². The Morgan fingerprint density at radius 3 is 2.78 bits per heavy atom. The van der Waals surface area contributed by atoms with Crippen LogP contribution in [0.3, 0.4) is 0 Å². The van der Waals surface area contributed by atoms with Crippen molar-refractivity contribution in [2.24, 2.45) is 0 Å². The van der Waals surface area contributed by atoms with E-state index in [0.29, 0.717) is 22.4 Å². The van der Waals surface area contributed by atoms with Gasteiger partial charge >= 0.3 is 0 Å². The third-order valence-electron chi connectivity index (χ3n) is 3.35. The van der Waals surface area contributed by atoms with E-state index >= 15 is 0 Å². The average molecular weight is 333 g/mol. The van der Waals surface area contributed by atoms with Crippen LogP contribution in [0, 0.1) is 6.92 Å². The number of aryl methyl sites for hydroxylation is 1. The predicted molar refractivity (Wildman–Crippen MR) is 93.4 cm³/mol. The molecule has 122 valence electrons. The van der Waals surface area contributed by atoms with Crippen molar-refractivity contribution in [3.8, 4) is 0 Å². The Kier molecular flexibility index (Phi) is 5.93. The molecule has 0 radical (unpaired) electrons. The second-order valence-electron chi connectivity index (χ2n) is 5.40. The number of nitrogens with zero attached hydrogens (tertiary/aromatic N) is 3. The maximum Gasteiger partial charge on any atom is 0.272 e. The summed E-state index contributed by atoms with van der Waals surface area (Å²) >= 11 is 5.98. The summed E-state index contributed by atoms with van der Waals surface area (Å²) in [5.74, 6) is 1.02. The highest BCUT2D eigenvalue weighted by Gasteiger charge is 2.15. The summed E-state index contributed by atoms with van der Waals surface area (Å²) < 4.78 is 0. The van der Waals surface area contributed by atoms with Crippen molar-refractivity contribution in [1.29, 1.82) is 0 Å². The molecule has 1 aromatic carbocycles. The van der Waals surface area contributed by atoms with Crippen LogP contribution < -0.4 is 5.32 Å². The molecule has 1 amide bonds. The Labute approximate surface area is 141 Å². The fourth-order valence-corrected chi connectivity index (χ4v) is 2.34. The molecule has 1 aromatic heterocycles. The lowest BCUT2D eigenvalue weighted by Gasteiger charge is -2.17. The number of amides is 1. The van der Waals surface area contributed by atoms with Crippen LogP contribution in [0.4, 0.5) is 11.5 Å². The Bertz CT molecular complexity index is 690. The van der Waals surface area contributed by atoms with Crippen LogP contribution in [0.25, 0.3) is 0 Å². The highest BCUT2D eigenvalue weighted by Crippen LogP contribution is 2.19. The van der Waals surface area contributed by atoms with Crippen molar-refractivity contribution in [2.75, 3.05) is 18.9 Å². The second-order valence-corrected chi connectivity index (χ2v) is 5.84. The largest absolute Gasteiger partial charge is 0.340 e. The van der Waals surface area contributed by atoms with Crippen molar-refractivity contribution in [1.82, 2.24) is 14.9 Å². The molecule has 1 N–H and O–H groups in total. The van der Waals surface area contributed by atoms with Gasteiger partial charge in [0.25, 0.3) is 5.91 Å². The molecule has 0 bridgehead atoms. The van der Waals surface area contributed by atoms with E-state index in [-0.39, 0.29) is 5.91 Å². The topological polar surface area (TPSA) is 58.1 Å². The van der Waals surface area contributed by atoms with Gasteiger partial charge in [0.1, 0.15) is 17.3 Å². The Morgan fingerprint density at radius 2 is 2.09 bits per heavy atom. The van der Waals surface area contributed by atoms with Crippen LogP contribution >= 0.6 is 11.6 Å². The minimum Gasteiger partial charge on any atom is -0.340 e. The molecular formula is C17H21ClN4O. The van der Waals surface area contributed by atoms with Crippen LogP contribution in [0.15, 0.2) is 30.3 Å². The van der Waals surface area contributed by atoms with E-state index in [4.69, 9.17) is 11.6 Å². The van der Waals surface area contributed by atoms with Crippen molar-refractivity contribution in [3.05, 3.63) is 46.9 Å². The van der Waals surface area contributed by atoms with Gasteiger partial charge in [-0.05, 0) is 31.5 Å². The molecule has 0 fully saturated rings. The molecule has 1 heterocycles. The molecule has 6 heteroatoms. The van der Waals surface area contributed by atoms with Gasteiger partial charge in [0.15, 0.2) is 0 Å². The first-order valence-corrected chi connectivity index (χ1v) is 8.01. The first-order chi connectivity index (χ1) is 11.0. The van der Waals surface area contributed by atoms with E-state index in [2.05, 4.69) is 22.2 Å². The lowest BCUT2D eigenvalue weighted by atomic mass is 10.2. The molecule has 2 rings (SSSR count). The summed E-state index contributed by atoms with van der Waals surface area (Å²) in [7, 11) is 1.79. The van der Waals surface area contributed by atoms with Gasteiger partial charge in [0.05, 0.1) is 0 Å². The average Bonchev–Trinajstić information content (AvgIpc) is 2.51. The summed E-state index contributed by atoms with van der Waals surface area (Å²) in [5.41, 5.74) is 1.20. The van der Waals surface area contributed by atoms with E-state index in [9.17, 15) is 4.79 Å². The molecule has 0 aliphatic carbocycles. The van der Waals surface area contributed by atoms with E-state index in [1.165, 1.54) is 0 Å². The molecule has 0 spiro atoms. The zero-order valence-corrected chi connectivity index (χ0v) is 14.4. The molecule has 0 aliphatic rings. The Hall–Kier alpha value is -2.14. The first kappa shape index (κ1) is 17.2. The van der Waals surface area contributed by atoms with E-state index in [1.54, 1.807) is 37.1 Å². The molecular weight excluding hydrogens is 312 g/mol. The number of carbonyl (C=O) groups excluding carboxylic acids is 1. The highest BCUT2D eigenvalue weighted by molar-refractivity contribution is 6.30. The van der Waals surface area contributed by atoms with Gasteiger partial charge in [-0.15, -0.1) is 0 Å². The quantitative estimate of drug-likeness (QED) is 0.866. The van der Waals surface area contributed by atoms with Gasteiger partial charge in [0.2, 0.25) is 0 Å². The van der Waals surface area contributed by atoms with Gasteiger partial charge in [-0.25, -0.2) is 9.97 Å². The fraction of sp³-hybridized carbons (Fsp3) is 0.353. The van der Waals surface area contributed by atoms with Crippen molar-refractivity contribution in [3.63, 3.8) is 0 Å². The van der Waals surface area contributed by atoms with Gasteiger partial charge in [-0.3, -0.25) is 4.79 Å². The summed E-state index contributed by atoms with van der Waals surface area (Å²) in [6, 6.07) is 9.00. The summed E-state index contributed by atoms with van der Waals surface area (Å²) in [4.78, 5) is 22.7. The van der Waals surface area contributed by atoms with Gasteiger partial charge in [0, 0.05) is 30.4 Å². The molecule has 2 aromatic rings. The zero-order valence-electron chi connectivity index (χ0n) is 13.6. The van der Waals surface area contributed by atoms with Crippen LogP contribution in [0.1, 0.15) is 36.1 Å². The maximum absolute atomic E-state index is 12.4. The third kappa shape index (κ3) is 4.93. The maximum atomic E-state index is 12.4. The number of benzene rings is 1. The van der Waals surface area contributed by atoms with E-state index < -0.39 is 0 Å². The lowest BCUT2D eigenvalue weighted by molar-refractivity contribution is 0.0787. The number of carbonyl (C=O) groups is 1. The van der Waals surface area contributed by atoms with E-state index in [0.717, 1.165) is 25.1 Å². The Balaban J connectivity index is 2.20. The number of hydrogen-bond donors (Lipinski definition) is 1. The minimum atomic E-state index is -0.0990. The Morgan fingerprint density at radius 1 is 1.30 bits per heavy atom. The third-order valence-corrected chi connectivity index (χ3v) is 3.58. The molecule has 23 heavy (non-hydrogen) atoms. The molecule has 0 aliphatic heterocycles. The molecule has 0 saturated heterocycles. The minimum absolute atomic E-state index is 0.0990. The predicted octanol–water partition coefficient (Wildman–Crippen LogP) is 4.05. The molecule has 0 saturated carbocycles. The number of nitrogens with one attached hydrogen (secondary N) is 1. The number of hydrogen-bond acceptors (Lipinski definition) is 4. The SMILES string of the molecule is CCCCN(C)C(=O)c1cc(Nc2cccc(Cl)c2)nc(C)n1. The molecule has 0 atom stereocenters. The number of anilines is 2. The second kappa shape index (κ2) is 7.92. The van der Waals surface area contributed by atoms with Crippen molar-refractivity contribution >= 4 is 29.0 Å². The van der Waals surface area contributed by atoms with Gasteiger partial charge < -0.3 is 10.2 Å². The summed E-state index contributed by atoms with van der Waals surface area (Å²) in [6.45, 7) is 4.58. The van der Waals surface area contributed by atoms with Gasteiger partial charge in [-0.2, -0.15) is 0 Å². The molecule has 5 nitrogen and oxygen atoms in total. The summed E-state index contributed by atoms with van der Waals surface area (Å²) in [5, 5.41) is 3.79. The normalized spacial score (nSPS) is 10.4. The number of rotatable bonds is 6. The fourth-order valence-electron chi connectivity index (χ4n) is 2.15. The number of halogens is 1. The highest BCUT2D eigenvalue weighted by atomic mass is 35.5. The van der Waals surface area contributed by atoms with Crippen molar-refractivity contribution < 1.29 is 4.79 Å². The monoisotopic (exact) mass is 332 g/mol. The number of aromatic nitrogens is 2. The smallest absolute Gasteiger partial charge is 0.272 e. The van der Waals surface area contributed by atoms with Crippen LogP contribution in [-0.2, 0) is 0 Å². The standard InChI is InChI=1S/C17H21ClN4O/c1-4-5-9-22(3)17(23)15-11-16(20-12(2)19-15)21-14-8-6-7-13(18)10-14/h6-8,10-11H,4-5,9H2,1-3H3,(H,19,20,21). The molecule has 0 unspecified atom stereocenters. The summed E-state index contributed by atoms with van der Waals surface area (Å²) in [6.07, 6.45) is 2.02. The van der Waals surface area contributed by atoms with E-state index in [1.807, 2.05) is 12.1 Å². The van der Waals surface area contributed by atoms with Gasteiger partial charge in [-0.1, -0.05) is 31.0 Å². The van der Waals surface area contributed by atoms with Crippen LogP contribution in [-0.4, -0.2) is 34.4 Å². The van der Waals surface area contributed by atoms with Crippen molar-refractivity contribution in [2.45, 2.75) is 26.7 Å². The number of unbranched alkanes of at least 4 members (excludes halogenated alkanes) is 1. The lowest BCUT2D eigenvalue weighted by Crippen LogP contribution is -2.28. The zero-order chi connectivity index (χ0) is 16.8. The first-order valence-electron chi connectivity index (χ1n) is 7.63.